The number of furan rings is 1. The van der Waals surface area contributed by atoms with Crippen LogP contribution in [0.25, 0.3) is 11.3 Å². The van der Waals surface area contributed by atoms with Gasteiger partial charge in [-0.25, -0.2) is 4.79 Å². The van der Waals surface area contributed by atoms with Crippen LogP contribution in [0.3, 0.4) is 0 Å². The van der Waals surface area contributed by atoms with Crippen LogP contribution >= 0.6 is 0 Å². The maximum Gasteiger partial charge on any atom is 0.416 e. The monoisotopic (exact) mass is 394 g/mol. The summed E-state index contributed by atoms with van der Waals surface area (Å²) in [5.74, 6) is -1.60. The molecular formula is C19H17F3N2O4. The summed E-state index contributed by atoms with van der Waals surface area (Å²) in [5.41, 5.74) is -0.695. The zero-order valence-electron chi connectivity index (χ0n) is 15.1. The minimum atomic E-state index is -4.50. The lowest BCUT2D eigenvalue weighted by Gasteiger charge is -2.20. The van der Waals surface area contributed by atoms with E-state index in [9.17, 15) is 22.8 Å². The molecule has 0 unspecified atom stereocenters. The number of amides is 1. The van der Waals surface area contributed by atoms with E-state index in [0.717, 1.165) is 12.1 Å². The Balaban J connectivity index is 2.08. The molecule has 0 bridgehead atoms. The third kappa shape index (κ3) is 5.13. The molecule has 2 rings (SSSR count). The quantitative estimate of drug-likeness (QED) is 0.695. The van der Waals surface area contributed by atoms with Crippen LogP contribution in [0.15, 0.2) is 40.8 Å². The third-order valence-corrected chi connectivity index (χ3v) is 3.85. The molecular weight excluding hydrogens is 377 g/mol. The Morgan fingerprint density at radius 3 is 2.64 bits per heavy atom. The highest BCUT2D eigenvalue weighted by Crippen LogP contribution is 2.32. The smallest absolute Gasteiger partial charge is 0.416 e. The second-order valence-electron chi connectivity index (χ2n) is 5.96. The average molecular weight is 394 g/mol. The first-order chi connectivity index (χ1) is 13.1. The van der Waals surface area contributed by atoms with Crippen LogP contribution in [0.4, 0.5) is 13.2 Å². The van der Waals surface area contributed by atoms with Gasteiger partial charge in [0, 0.05) is 19.2 Å². The van der Waals surface area contributed by atoms with Gasteiger partial charge in [-0.05, 0) is 31.2 Å². The van der Waals surface area contributed by atoms with E-state index < -0.39 is 29.7 Å². The minimum Gasteiger partial charge on any atom is -0.449 e. The van der Waals surface area contributed by atoms with E-state index in [4.69, 9.17) is 14.4 Å². The minimum absolute atomic E-state index is 0.0585. The maximum absolute atomic E-state index is 12.8. The highest BCUT2D eigenvalue weighted by atomic mass is 19.4. The van der Waals surface area contributed by atoms with Gasteiger partial charge in [-0.2, -0.15) is 18.4 Å². The van der Waals surface area contributed by atoms with Gasteiger partial charge in [0.15, 0.2) is 6.10 Å². The zero-order chi connectivity index (χ0) is 20.9. The number of rotatable bonds is 6. The van der Waals surface area contributed by atoms with Gasteiger partial charge in [0.05, 0.1) is 18.1 Å². The van der Waals surface area contributed by atoms with Gasteiger partial charge < -0.3 is 14.1 Å². The number of benzene rings is 1. The Labute approximate surface area is 159 Å². The number of alkyl halides is 3. The molecule has 0 N–H and O–H groups in total. The maximum atomic E-state index is 12.8. The first kappa shape index (κ1) is 21.0. The molecule has 0 aliphatic heterocycles. The van der Waals surface area contributed by atoms with Gasteiger partial charge in [-0.1, -0.05) is 12.1 Å². The molecule has 0 aliphatic carbocycles. The fourth-order valence-electron chi connectivity index (χ4n) is 2.36. The van der Waals surface area contributed by atoms with Crippen LogP contribution < -0.4 is 0 Å². The van der Waals surface area contributed by atoms with Gasteiger partial charge in [-0.3, -0.25) is 4.79 Å². The van der Waals surface area contributed by atoms with Gasteiger partial charge >= 0.3 is 12.1 Å². The van der Waals surface area contributed by atoms with Crippen LogP contribution in [0.1, 0.15) is 29.5 Å². The fraction of sp³-hybridized carbons (Fsp3) is 0.316. The summed E-state index contributed by atoms with van der Waals surface area (Å²) in [5, 5.41) is 8.54. The van der Waals surface area contributed by atoms with E-state index in [0.29, 0.717) is 0 Å². The summed E-state index contributed by atoms with van der Waals surface area (Å²) in [6, 6.07) is 8.99. The van der Waals surface area contributed by atoms with E-state index >= 15 is 0 Å². The molecule has 9 heteroatoms. The normalized spacial score (nSPS) is 12.1. The van der Waals surface area contributed by atoms with E-state index in [-0.39, 0.29) is 30.0 Å². The van der Waals surface area contributed by atoms with Crippen molar-refractivity contribution in [1.82, 2.24) is 4.90 Å². The summed E-state index contributed by atoms with van der Waals surface area (Å²) in [4.78, 5) is 25.5. The largest absolute Gasteiger partial charge is 0.449 e. The van der Waals surface area contributed by atoms with Crippen LogP contribution in [-0.2, 0) is 15.7 Å². The molecule has 1 aromatic carbocycles. The van der Waals surface area contributed by atoms with E-state index in [2.05, 4.69) is 0 Å². The van der Waals surface area contributed by atoms with Crippen LogP contribution in [0.5, 0.6) is 0 Å². The molecule has 1 amide bonds. The Hall–Kier alpha value is -3.28. The highest BCUT2D eigenvalue weighted by molar-refractivity contribution is 5.90. The van der Waals surface area contributed by atoms with Crippen LogP contribution in [0.2, 0.25) is 0 Å². The second-order valence-corrected chi connectivity index (χ2v) is 5.96. The summed E-state index contributed by atoms with van der Waals surface area (Å²) < 4.78 is 48.8. The van der Waals surface area contributed by atoms with Crippen molar-refractivity contribution in [3.8, 4) is 17.4 Å². The number of esters is 1. The summed E-state index contributed by atoms with van der Waals surface area (Å²) in [6.07, 6.45) is -5.47. The molecule has 0 radical (unpaired) electrons. The Bertz CT molecular complexity index is 899. The van der Waals surface area contributed by atoms with Crippen molar-refractivity contribution in [2.24, 2.45) is 0 Å². The van der Waals surface area contributed by atoms with Gasteiger partial charge in [0.25, 0.3) is 5.91 Å². The van der Waals surface area contributed by atoms with Gasteiger partial charge in [0.2, 0.25) is 5.76 Å². The standard InChI is InChI=1S/C19H17F3N2O4/c1-12(17(25)24(2)10-4-9-23)27-18(26)16-8-7-15(28-16)13-5-3-6-14(11-13)19(20,21)22/h3,5-8,11-12H,4,10H2,1-2H3/t12-/m0/s1. The molecule has 0 saturated carbocycles. The SMILES string of the molecule is C[C@H](OC(=O)c1ccc(-c2cccc(C(F)(F)F)c2)o1)C(=O)N(C)CCC#N. The van der Waals surface area contributed by atoms with Crippen LogP contribution in [0, 0.1) is 11.3 Å². The van der Waals surface area contributed by atoms with Gasteiger partial charge in [-0.15, -0.1) is 0 Å². The molecule has 0 fully saturated rings. The lowest BCUT2D eigenvalue weighted by Crippen LogP contribution is -2.37. The van der Waals surface area contributed by atoms with E-state index in [1.165, 1.54) is 43.1 Å². The number of halogens is 3. The molecule has 1 aromatic heterocycles. The summed E-state index contributed by atoms with van der Waals surface area (Å²) in [7, 11) is 1.47. The molecule has 0 aliphatic rings. The number of likely N-dealkylation sites (N-methyl/N-ethyl adjacent to an activating group) is 1. The molecule has 1 heterocycles. The summed E-state index contributed by atoms with van der Waals surface area (Å²) >= 11 is 0. The first-order valence-corrected chi connectivity index (χ1v) is 8.24. The Morgan fingerprint density at radius 1 is 1.29 bits per heavy atom. The van der Waals surface area contributed by atoms with Crippen molar-refractivity contribution in [1.29, 1.82) is 5.26 Å². The number of hydrogen-bond acceptors (Lipinski definition) is 5. The molecule has 6 nitrogen and oxygen atoms in total. The van der Waals surface area contributed by atoms with Crippen molar-refractivity contribution in [3.63, 3.8) is 0 Å². The zero-order valence-corrected chi connectivity index (χ0v) is 15.1. The topological polar surface area (TPSA) is 83.5 Å². The predicted octanol–water partition coefficient (Wildman–Crippen LogP) is 3.88. The molecule has 2 aromatic rings. The summed E-state index contributed by atoms with van der Waals surface area (Å²) in [6.45, 7) is 1.57. The van der Waals surface area contributed by atoms with Crippen molar-refractivity contribution in [2.75, 3.05) is 13.6 Å². The molecule has 28 heavy (non-hydrogen) atoms. The van der Waals surface area contributed by atoms with Crippen molar-refractivity contribution < 1.29 is 31.9 Å². The van der Waals surface area contributed by atoms with Crippen LogP contribution in [-0.4, -0.2) is 36.5 Å². The van der Waals surface area contributed by atoms with Crippen molar-refractivity contribution in [3.05, 3.63) is 47.7 Å². The number of carbonyl (C=O) groups excluding carboxylic acids is 2. The second kappa shape index (κ2) is 8.61. The van der Waals surface area contributed by atoms with E-state index in [1.54, 1.807) is 0 Å². The average Bonchev–Trinajstić information content (AvgIpc) is 3.15. The number of nitrogens with zero attached hydrogens (tertiary/aromatic N) is 2. The molecule has 0 saturated heterocycles. The molecule has 1 atom stereocenters. The number of hydrogen-bond donors (Lipinski definition) is 0. The highest BCUT2D eigenvalue weighted by Gasteiger charge is 2.31. The fourth-order valence-corrected chi connectivity index (χ4v) is 2.36. The predicted molar refractivity (Wildman–Crippen MR) is 91.9 cm³/mol. The lowest BCUT2D eigenvalue weighted by molar-refractivity contribution is -0.138. The van der Waals surface area contributed by atoms with Crippen molar-refractivity contribution >= 4 is 11.9 Å². The lowest BCUT2D eigenvalue weighted by atomic mass is 10.1. The van der Waals surface area contributed by atoms with Crippen molar-refractivity contribution in [2.45, 2.75) is 25.6 Å². The van der Waals surface area contributed by atoms with E-state index in [1.807, 2.05) is 6.07 Å². The Kier molecular flexibility index (Phi) is 6.46. The Morgan fingerprint density at radius 2 is 2.00 bits per heavy atom. The third-order valence-electron chi connectivity index (χ3n) is 3.85. The molecule has 148 valence electrons. The number of carbonyl (C=O) groups is 2. The van der Waals surface area contributed by atoms with Gasteiger partial charge in [0.1, 0.15) is 5.76 Å². The molecule has 0 spiro atoms. The first-order valence-electron chi connectivity index (χ1n) is 8.24. The number of nitriles is 1. The number of ether oxygens (including phenoxy) is 1.